The highest BCUT2D eigenvalue weighted by molar-refractivity contribution is 7.90. The van der Waals surface area contributed by atoms with E-state index in [0.29, 0.717) is 18.8 Å². The summed E-state index contributed by atoms with van der Waals surface area (Å²) < 4.78 is 51.1. The Hall–Kier alpha value is -3.47. The quantitative estimate of drug-likeness (QED) is 0.564. The number of halogens is 1. The Bertz CT molecular complexity index is 1140. The first-order valence-corrected chi connectivity index (χ1v) is 11.8. The third kappa shape index (κ3) is 7.56. The number of rotatable bonds is 8. The Morgan fingerprint density at radius 2 is 1.85 bits per heavy atom. The Morgan fingerprint density at radius 3 is 2.67 bits per heavy atom. The second-order valence-corrected chi connectivity index (χ2v) is 8.88. The molecule has 11 heteroatoms. The van der Waals surface area contributed by atoms with E-state index in [0.717, 1.165) is 19.3 Å². The molecule has 0 aromatic heterocycles. The molecule has 1 aliphatic rings. The van der Waals surface area contributed by atoms with E-state index >= 15 is 0 Å². The molecule has 0 atom stereocenters. The van der Waals surface area contributed by atoms with Gasteiger partial charge in [0, 0.05) is 18.7 Å². The normalized spacial score (nSPS) is 13.9. The number of sulfonamides is 1. The number of hydrogen-bond donors (Lipinski definition) is 2. The van der Waals surface area contributed by atoms with Crippen LogP contribution in [0.2, 0.25) is 0 Å². The van der Waals surface area contributed by atoms with Crippen LogP contribution in [0.15, 0.2) is 58.4 Å². The van der Waals surface area contributed by atoms with Crippen molar-refractivity contribution in [2.45, 2.75) is 30.6 Å². The average Bonchev–Trinajstić information content (AvgIpc) is 3.05. The molecule has 0 spiro atoms. The highest BCUT2D eigenvalue weighted by Gasteiger charge is 2.18. The predicted molar refractivity (Wildman–Crippen MR) is 119 cm³/mol. The first-order valence-electron chi connectivity index (χ1n) is 10.3. The molecule has 0 saturated heterocycles. The minimum absolute atomic E-state index is 0.0393. The molecule has 1 heterocycles. The molecule has 0 unspecified atom stereocenters. The van der Waals surface area contributed by atoms with Gasteiger partial charge >= 0.3 is 5.97 Å². The van der Waals surface area contributed by atoms with Crippen molar-refractivity contribution in [3.8, 4) is 5.75 Å². The van der Waals surface area contributed by atoms with Gasteiger partial charge in [-0.1, -0.05) is 24.6 Å². The second-order valence-electron chi connectivity index (χ2n) is 7.20. The van der Waals surface area contributed by atoms with Gasteiger partial charge in [-0.3, -0.25) is 14.5 Å². The zero-order chi connectivity index (χ0) is 23.7. The summed E-state index contributed by atoms with van der Waals surface area (Å²) in [6.07, 6.45) is 3.34. The van der Waals surface area contributed by atoms with Gasteiger partial charge < -0.3 is 14.8 Å². The lowest BCUT2D eigenvalue weighted by Gasteiger charge is -2.11. The molecular weight excluding hydrogens is 453 g/mol. The van der Waals surface area contributed by atoms with Gasteiger partial charge in [0.2, 0.25) is 0 Å². The Kier molecular flexibility index (Phi) is 8.36. The van der Waals surface area contributed by atoms with Crippen LogP contribution in [0.5, 0.6) is 5.75 Å². The average molecular weight is 478 g/mol. The van der Waals surface area contributed by atoms with Crippen LogP contribution < -0.4 is 14.8 Å². The Balaban J connectivity index is 1.50. The fourth-order valence-electron chi connectivity index (χ4n) is 3.00. The van der Waals surface area contributed by atoms with Crippen LogP contribution >= 0.6 is 0 Å². The molecular formula is C22H24FN3O6S. The predicted octanol–water partition coefficient (Wildman–Crippen LogP) is 2.64. The molecule has 1 amide bonds. The molecule has 2 aromatic carbocycles. The molecule has 2 N–H and O–H groups in total. The molecule has 2 aromatic rings. The van der Waals surface area contributed by atoms with Crippen molar-refractivity contribution in [2.75, 3.05) is 25.1 Å². The number of anilines is 1. The molecule has 3 rings (SSSR count). The summed E-state index contributed by atoms with van der Waals surface area (Å²) in [5.41, 5.74) is 0.212. The van der Waals surface area contributed by atoms with Crippen LogP contribution in [0.25, 0.3) is 0 Å². The molecule has 176 valence electrons. The van der Waals surface area contributed by atoms with Crippen LogP contribution in [0.4, 0.5) is 10.1 Å². The van der Waals surface area contributed by atoms with Crippen LogP contribution in [-0.4, -0.2) is 45.9 Å². The van der Waals surface area contributed by atoms with Crippen molar-refractivity contribution in [1.82, 2.24) is 4.72 Å². The molecule has 0 aliphatic carbocycles. The van der Waals surface area contributed by atoms with E-state index in [2.05, 4.69) is 15.0 Å². The van der Waals surface area contributed by atoms with Crippen LogP contribution in [0.1, 0.15) is 25.7 Å². The van der Waals surface area contributed by atoms with Gasteiger partial charge in [-0.15, -0.1) is 0 Å². The molecule has 0 bridgehead atoms. The van der Waals surface area contributed by atoms with Crippen molar-refractivity contribution < 1.29 is 31.9 Å². The highest BCUT2D eigenvalue weighted by atomic mass is 32.2. The fourth-order valence-corrected chi connectivity index (χ4v) is 4.13. The molecule has 1 aliphatic heterocycles. The third-order valence-corrected chi connectivity index (χ3v) is 5.98. The topological polar surface area (TPSA) is 123 Å². The Labute approximate surface area is 191 Å². The van der Waals surface area contributed by atoms with Gasteiger partial charge in [-0.05, 0) is 43.2 Å². The van der Waals surface area contributed by atoms with E-state index in [1.54, 1.807) is 6.07 Å². The zero-order valence-corrected chi connectivity index (χ0v) is 18.6. The monoisotopic (exact) mass is 477 g/mol. The van der Waals surface area contributed by atoms with E-state index in [1.165, 1.54) is 42.5 Å². The van der Waals surface area contributed by atoms with E-state index in [1.807, 2.05) is 0 Å². The minimum Gasteiger partial charge on any atom is -0.479 e. The first kappa shape index (κ1) is 24.2. The van der Waals surface area contributed by atoms with Crippen LogP contribution in [0.3, 0.4) is 0 Å². The van der Waals surface area contributed by atoms with Crippen molar-refractivity contribution in [3.05, 3.63) is 54.3 Å². The van der Waals surface area contributed by atoms with Gasteiger partial charge in [-0.25, -0.2) is 17.6 Å². The van der Waals surface area contributed by atoms with E-state index in [-0.39, 0.29) is 16.3 Å². The number of aliphatic imine (C=N–C) groups is 1. The van der Waals surface area contributed by atoms with Crippen LogP contribution in [0, 0.1) is 5.82 Å². The molecule has 0 fully saturated rings. The number of carbonyl (C=O) groups is 2. The van der Waals surface area contributed by atoms with E-state index in [9.17, 15) is 22.4 Å². The zero-order valence-electron chi connectivity index (χ0n) is 17.8. The van der Waals surface area contributed by atoms with Crippen molar-refractivity contribution >= 4 is 33.4 Å². The van der Waals surface area contributed by atoms with E-state index < -0.39 is 40.9 Å². The summed E-state index contributed by atoms with van der Waals surface area (Å²) in [4.78, 5) is 28.0. The number of benzene rings is 2. The molecule has 9 nitrogen and oxygen atoms in total. The maximum Gasteiger partial charge on any atom is 0.344 e. The van der Waals surface area contributed by atoms with Crippen molar-refractivity contribution in [1.29, 1.82) is 0 Å². The van der Waals surface area contributed by atoms with Gasteiger partial charge in [0.25, 0.3) is 15.9 Å². The van der Waals surface area contributed by atoms with Gasteiger partial charge in [-0.2, -0.15) is 0 Å². The van der Waals surface area contributed by atoms with Crippen molar-refractivity contribution in [3.63, 3.8) is 0 Å². The maximum atomic E-state index is 13.5. The number of nitrogens with zero attached hydrogens (tertiary/aromatic N) is 1. The summed E-state index contributed by atoms with van der Waals surface area (Å²) in [5, 5.41) is 2.47. The summed E-state index contributed by atoms with van der Waals surface area (Å²) in [6, 6.07) is 11.2. The Morgan fingerprint density at radius 1 is 1.03 bits per heavy atom. The number of nitrogens with one attached hydrogen (secondary N) is 2. The molecule has 0 saturated carbocycles. The number of esters is 1. The standard InChI is InChI=1S/C22H24FN3O6S/c23-18-9-3-4-10-19(18)31-15-22(28)32-14-21(27)25-16-7-6-8-17(13-16)33(29,30)26-20-11-2-1-5-12-24-20/h3-4,6-10,13H,1-2,5,11-12,14-15H2,(H,24,26)(H,25,27). The van der Waals surface area contributed by atoms with E-state index in [4.69, 9.17) is 9.47 Å². The summed E-state index contributed by atoms with van der Waals surface area (Å²) >= 11 is 0. The number of amidine groups is 1. The minimum atomic E-state index is -3.86. The third-order valence-electron chi connectivity index (χ3n) is 4.60. The lowest BCUT2D eigenvalue weighted by Crippen LogP contribution is -2.30. The van der Waals surface area contributed by atoms with Gasteiger partial charge in [0.1, 0.15) is 5.84 Å². The smallest absolute Gasteiger partial charge is 0.344 e. The summed E-state index contributed by atoms with van der Waals surface area (Å²) in [6.45, 7) is -0.610. The SMILES string of the molecule is O=C(COC(=O)COc1ccccc1F)Nc1cccc(S(=O)(=O)NC2=NCCCCC2)c1. The number of carbonyl (C=O) groups excluding carboxylic acids is 2. The van der Waals surface area contributed by atoms with Gasteiger partial charge in [0.05, 0.1) is 4.90 Å². The number of para-hydroxylation sites is 1. The number of hydrogen-bond acceptors (Lipinski definition) is 7. The van der Waals surface area contributed by atoms with Gasteiger partial charge in [0.15, 0.2) is 24.8 Å². The summed E-state index contributed by atoms with van der Waals surface area (Å²) in [7, 11) is -3.86. The summed E-state index contributed by atoms with van der Waals surface area (Å²) in [5.74, 6) is -1.85. The number of ether oxygens (including phenoxy) is 2. The lowest BCUT2D eigenvalue weighted by atomic mass is 10.2. The molecule has 33 heavy (non-hydrogen) atoms. The largest absolute Gasteiger partial charge is 0.479 e. The maximum absolute atomic E-state index is 13.5. The first-order chi connectivity index (χ1) is 15.8. The molecule has 0 radical (unpaired) electrons. The second kappa shape index (κ2) is 11.4. The number of amides is 1. The highest BCUT2D eigenvalue weighted by Crippen LogP contribution is 2.17. The van der Waals surface area contributed by atoms with Crippen LogP contribution in [-0.2, 0) is 24.3 Å². The van der Waals surface area contributed by atoms with Crippen molar-refractivity contribution in [2.24, 2.45) is 4.99 Å². The lowest BCUT2D eigenvalue weighted by molar-refractivity contribution is -0.149. The fraction of sp³-hybridized carbons (Fsp3) is 0.318.